The fourth-order valence-corrected chi connectivity index (χ4v) is 4.92. The van der Waals surface area contributed by atoms with Crippen LogP contribution in [0.25, 0.3) is 0 Å². The summed E-state index contributed by atoms with van der Waals surface area (Å²) in [4.78, 5) is 0. The van der Waals surface area contributed by atoms with Crippen molar-refractivity contribution in [2.75, 3.05) is 36.2 Å². The zero-order valence-corrected chi connectivity index (χ0v) is 19.2. The fraction of sp³-hybridized carbons (Fsp3) is 0.455. The van der Waals surface area contributed by atoms with Crippen LogP contribution in [0.15, 0.2) is 42.5 Å². The average Bonchev–Trinajstić information content (AvgIpc) is 2.73. The minimum Gasteiger partial charge on any atom is -0.399 e. The predicted octanol–water partition coefficient (Wildman–Crippen LogP) is 5.04. The van der Waals surface area contributed by atoms with Crippen LogP contribution in [-0.4, -0.2) is 44.6 Å². The number of benzene rings is 2. The van der Waals surface area contributed by atoms with Gasteiger partial charge in [-0.3, -0.25) is 0 Å². The van der Waals surface area contributed by atoms with Gasteiger partial charge < -0.3 is 10.2 Å². The lowest BCUT2D eigenvalue weighted by Crippen LogP contribution is -2.47. The number of hydrogen-bond acceptors (Lipinski definition) is 3. The second kappa shape index (κ2) is 9.48. The van der Waals surface area contributed by atoms with Crippen LogP contribution in [0.5, 0.6) is 0 Å². The number of halogens is 3. The van der Waals surface area contributed by atoms with Crippen LogP contribution in [0.1, 0.15) is 38.8 Å². The monoisotopic (exact) mass is 458 g/mol. The standard InChI is InChI=1S/C14H11F3N2O2S.C8H20N/c15-14(16,17)22(20,21)19-12-4-2-1-3-9(12)7-10-8-11(18)5-6-13(10)19;1-5-9(6-2,7-3)8-4/h1-6,8H,7,18H2;5-8H2,1-4H3/q;+1. The third kappa shape index (κ3) is 4.98. The lowest BCUT2D eigenvalue weighted by Gasteiger charge is -2.34. The maximum absolute atomic E-state index is 13.0. The van der Waals surface area contributed by atoms with E-state index in [1.165, 1.54) is 61.0 Å². The van der Waals surface area contributed by atoms with Crippen molar-refractivity contribution in [3.05, 3.63) is 53.6 Å². The summed E-state index contributed by atoms with van der Waals surface area (Å²) in [7, 11) is -5.55. The summed E-state index contributed by atoms with van der Waals surface area (Å²) in [5.41, 5.74) is 1.54. The summed E-state index contributed by atoms with van der Waals surface area (Å²) in [6, 6.07) is 10.3. The molecule has 0 aromatic heterocycles. The largest absolute Gasteiger partial charge is 0.517 e. The molecule has 9 heteroatoms. The van der Waals surface area contributed by atoms with Crippen molar-refractivity contribution in [3.63, 3.8) is 0 Å². The Kier molecular flexibility index (Phi) is 7.65. The van der Waals surface area contributed by atoms with Crippen molar-refractivity contribution in [3.8, 4) is 0 Å². The molecule has 0 bridgehead atoms. The highest BCUT2D eigenvalue weighted by atomic mass is 32.2. The number of nitrogen functional groups attached to an aromatic ring is 1. The van der Waals surface area contributed by atoms with Gasteiger partial charge in [-0.25, -0.2) is 4.31 Å². The van der Waals surface area contributed by atoms with Crippen LogP contribution in [0.4, 0.5) is 30.2 Å². The van der Waals surface area contributed by atoms with Crippen molar-refractivity contribution in [2.24, 2.45) is 0 Å². The van der Waals surface area contributed by atoms with E-state index in [4.69, 9.17) is 5.73 Å². The number of hydrogen-bond donors (Lipinski definition) is 1. The number of rotatable bonds is 5. The minimum atomic E-state index is -5.55. The molecule has 1 heterocycles. The lowest BCUT2D eigenvalue weighted by molar-refractivity contribution is -0.921. The van der Waals surface area contributed by atoms with Gasteiger partial charge in [-0.15, -0.1) is 0 Å². The van der Waals surface area contributed by atoms with Gasteiger partial charge in [-0.05, 0) is 63.1 Å². The second-order valence-corrected chi connectivity index (χ2v) is 9.29. The summed E-state index contributed by atoms with van der Waals surface area (Å²) >= 11 is 0. The Hall–Kier alpha value is -2.26. The molecule has 3 rings (SSSR count). The number of nitrogens with zero attached hydrogens (tertiary/aromatic N) is 2. The highest BCUT2D eigenvalue weighted by Crippen LogP contribution is 2.44. The van der Waals surface area contributed by atoms with Gasteiger partial charge in [0.1, 0.15) is 0 Å². The molecular formula is C22H31F3N3O2S+. The first kappa shape index (κ1) is 25.0. The molecule has 0 aliphatic carbocycles. The quantitative estimate of drug-likeness (QED) is 0.504. The molecule has 0 spiro atoms. The number of alkyl halides is 3. The highest BCUT2D eigenvalue weighted by molar-refractivity contribution is 7.94. The van der Waals surface area contributed by atoms with Crippen LogP contribution in [0, 0.1) is 0 Å². The Labute approximate surface area is 182 Å². The summed E-state index contributed by atoms with van der Waals surface area (Å²) in [6.07, 6.45) is 0.320. The Bertz CT molecular complexity index is 986. The van der Waals surface area contributed by atoms with Gasteiger partial charge in [-0.2, -0.15) is 21.6 Å². The first-order valence-electron chi connectivity index (χ1n) is 10.4. The highest BCUT2D eigenvalue weighted by Gasteiger charge is 2.52. The topological polar surface area (TPSA) is 63.4 Å². The van der Waals surface area contributed by atoms with E-state index in [1.54, 1.807) is 12.1 Å². The van der Waals surface area contributed by atoms with Crippen LogP contribution in [-0.2, 0) is 16.4 Å². The number of para-hydroxylation sites is 1. The molecule has 2 aromatic rings. The van der Waals surface area contributed by atoms with Crippen molar-refractivity contribution >= 4 is 27.1 Å². The molecular weight excluding hydrogens is 427 g/mol. The maximum Gasteiger partial charge on any atom is 0.517 e. The Morgan fingerprint density at radius 3 is 1.90 bits per heavy atom. The Balaban J connectivity index is 0.000000323. The predicted molar refractivity (Wildman–Crippen MR) is 120 cm³/mol. The van der Waals surface area contributed by atoms with E-state index < -0.39 is 15.5 Å². The molecule has 0 amide bonds. The molecule has 0 saturated heterocycles. The van der Waals surface area contributed by atoms with Crippen LogP contribution in [0.2, 0.25) is 0 Å². The third-order valence-electron chi connectivity index (χ3n) is 6.13. The number of anilines is 3. The Morgan fingerprint density at radius 2 is 1.42 bits per heavy atom. The molecule has 31 heavy (non-hydrogen) atoms. The van der Waals surface area contributed by atoms with Gasteiger partial charge in [-0.1, -0.05) is 18.2 Å². The third-order valence-corrected chi connectivity index (χ3v) is 7.59. The molecule has 0 unspecified atom stereocenters. The number of fused-ring (bicyclic) bond motifs is 2. The van der Waals surface area contributed by atoms with Crippen LogP contribution in [0.3, 0.4) is 0 Å². The van der Waals surface area contributed by atoms with E-state index in [1.807, 2.05) is 0 Å². The van der Waals surface area contributed by atoms with E-state index >= 15 is 0 Å². The van der Waals surface area contributed by atoms with Crippen LogP contribution < -0.4 is 10.0 Å². The van der Waals surface area contributed by atoms with E-state index in [-0.39, 0.29) is 11.4 Å². The van der Waals surface area contributed by atoms with Crippen LogP contribution >= 0.6 is 0 Å². The number of quaternary nitrogens is 1. The first-order chi connectivity index (χ1) is 14.5. The van der Waals surface area contributed by atoms with Gasteiger partial charge in [0.2, 0.25) is 0 Å². The first-order valence-corrected chi connectivity index (χ1v) is 11.8. The average molecular weight is 459 g/mol. The smallest absolute Gasteiger partial charge is 0.399 e. The molecule has 0 radical (unpaired) electrons. The normalized spacial score (nSPS) is 13.7. The van der Waals surface area contributed by atoms with Gasteiger partial charge in [0.05, 0.1) is 37.6 Å². The molecule has 0 atom stereocenters. The van der Waals surface area contributed by atoms with Gasteiger partial charge in [0, 0.05) is 12.1 Å². The second-order valence-electron chi connectivity index (χ2n) is 7.52. The fourth-order valence-electron chi connectivity index (χ4n) is 3.84. The molecule has 2 N–H and O–H groups in total. The number of sulfonamides is 1. The SMILES string of the molecule is CC[N+](CC)(CC)CC.Nc1ccc2c(c1)Cc1ccccc1N2S(=O)(=O)C(F)(F)F. The zero-order chi connectivity index (χ0) is 23.4. The van der Waals surface area contributed by atoms with Gasteiger partial charge in [0.15, 0.2) is 0 Å². The molecule has 172 valence electrons. The summed E-state index contributed by atoms with van der Waals surface area (Å²) in [6.45, 7) is 14.2. The molecule has 1 aliphatic rings. The van der Waals surface area contributed by atoms with Crippen molar-refractivity contribution in [1.29, 1.82) is 0 Å². The molecule has 0 saturated carbocycles. The summed E-state index contributed by atoms with van der Waals surface area (Å²) < 4.78 is 64.7. The minimum absolute atomic E-state index is 0.0112. The van der Waals surface area contributed by atoms with Crippen molar-refractivity contribution < 1.29 is 26.1 Å². The molecule has 5 nitrogen and oxygen atoms in total. The number of nitrogens with two attached hydrogens (primary N) is 1. The van der Waals surface area contributed by atoms with E-state index in [0.29, 0.717) is 27.5 Å². The van der Waals surface area contributed by atoms with E-state index in [9.17, 15) is 21.6 Å². The molecule has 2 aromatic carbocycles. The zero-order valence-electron chi connectivity index (χ0n) is 18.4. The Morgan fingerprint density at radius 1 is 0.903 bits per heavy atom. The van der Waals surface area contributed by atoms with Crippen molar-refractivity contribution in [2.45, 2.75) is 39.6 Å². The maximum atomic E-state index is 13.0. The van der Waals surface area contributed by atoms with Gasteiger partial charge in [0.25, 0.3) is 0 Å². The molecule has 0 fully saturated rings. The van der Waals surface area contributed by atoms with Gasteiger partial charge >= 0.3 is 15.5 Å². The van der Waals surface area contributed by atoms with Crippen molar-refractivity contribution in [1.82, 2.24) is 0 Å². The summed E-state index contributed by atoms with van der Waals surface area (Å²) in [5, 5.41) is 0. The lowest BCUT2D eigenvalue weighted by atomic mass is 9.97. The molecule has 1 aliphatic heterocycles. The summed E-state index contributed by atoms with van der Waals surface area (Å²) in [5.74, 6) is 0. The van der Waals surface area contributed by atoms with E-state index in [0.717, 1.165) is 0 Å². The van der Waals surface area contributed by atoms with E-state index in [2.05, 4.69) is 27.7 Å².